The van der Waals surface area contributed by atoms with Gasteiger partial charge in [-0.15, -0.1) is 0 Å². The molecule has 1 saturated heterocycles. The van der Waals surface area contributed by atoms with Gasteiger partial charge in [-0.05, 0) is 31.5 Å². The molecule has 106 valence electrons. The number of hydrogen-bond acceptors (Lipinski definition) is 3. The summed E-state index contributed by atoms with van der Waals surface area (Å²) in [5.41, 5.74) is 0.733. The number of piperidine rings is 1. The van der Waals surface area contributed by atoms with Crippen LogP contribution in [-0.4, -0.2) is 20.8 Å². The van der Waals surface area contributed by atoms with E-state index in [4.69, 9.17) is 9.47 Å². The second-order valence-electron chi connectivity index (χ2n) is 4.65. The molecule has 1 heterocycles. The average molecular weight is 271 g/mol. The zero-order valence-corrected chi connectivity index (χ0v) is 11.2. The van der Waals surface area contributed by atoms with E-state index in [2.05, 4.69) is 5.32 Å². The molecule has 0 saturated carbocycles. The van der Waals surface area contributed by atoms with Crippen molar-refractivity contribution in [3.8, 4) is 11.5 Å². The second-order valence-corrected chi connectivity index (χ2v) is 4.65. The molecule has 1 aromatic rings. The summed E-state index contributed by atoms with van der Waals surface area (Å²) in [6.07, 6.45) is 0.612. The standard InChI is InChI=1S/C14H19F2NO2/c1-18-12-8-9(14(15)16)7-10(13(12)19-2)11-5-3-4-6-17-11/h7-8,11,14,17H,3-6H2,1-2H3. The predicted octanol–water partition coefficient (Wildman–Crippen LogP) is 3.46. The first-order valence-corrected chi connectivity index (χ1v) is 6.44. The summed E-state index contributed by atoms with van der Waals surface area (Å²) >= 11 is 0. The van der Waals surface area contributed by atoms with Crippen molar-refractivity contribution in [3.63, 3.8) is 0 Å². The topological polar surface area (TPSA) is 30.5 Å². The van der Waals surface area contributed by atoms with Gasteiger partial charge < -0.3 is 14.8 Å². The van der Waals surface area contributed by atoms with Gasteiger partial charge in [0.15, 0.2) is 11.5 Å². The second kappa shape index (κ2) is 6.19. The molecule has 1 aromatic carbocycles. The summed E-state index contributed by atoms with van der Waals surface area (Å²) in [7, 11) is 3.00. The van der Waals surface area contributed by atoms with Gasteiger partial charge in [0.25, 0.3) is 6.43 Å². The lowest BCUT2D eigenvalue weighted by Crippen LogP contribution is -2.27. The van der Waals surface area contributed by atoms with E-state index in [9.17, 15) is 8.78 Å². The number of nitrogens with one attached hydrogen (secondary N) is 1. The first-order valence-electron chi connectivity index (χ1n) is 6.44. The molecule has 19 heavy (non-hydrogen) atoms. The van der Waals surface area contributed by atoms with Crippen molar-refractivity contribution in [1.82, 2.24) is 5.32 Å². The minimum absolute atomic E-state index is 0.0278. The monoisotopic (exact) mass is 271 g/mol. The van der Waals surface area contributed by atoms with E-state index < -0.39 is 6.43 Å². The highest BCUT2D eigenvalue weighted by atomic mass is 19.3. The van der Waals surface area contributed by atoms with Gasteiger partial charge in [-0.25, -0.2) is 8.78 Å². The Bertz CT molecular complexity index is 432. The number of methoxy groups -OCH3 is 2. The molecule has 1 aliphatic rings. The lowest BCUT2D eigenvalue weighted by molar-refractivity contribution is 0.150. The summed E-state index contributed by atoms with van der Waals surface area (Å²) < 4.78 is 36.4. The maximum atomic E-state index is 12.9. The highest BCUT2D eigenvalue weighted by Crippen LogP contribution is 2.40. The number of benzene rings is 1. The fraction of sp³-hybridized carbons (Fsp3) is 0.571. The Hall–Kier alpha value is -1.36. The minimum Gasteiger partial charge on any atom is -0.493 e. The van der Waals surface area contributed by atoms with Crippen molar-refractivity contribution in [2.45, 2.75) is 31.7 Å². The number of alkyl halides is 2. The third-order valence-corrected chi connectivity index (χ3v) is 3.47. The molecule has 0 aliphatic carbocycles. The van der Waals surface area contributed by atoms with E-state index in [0.29, 0.717) is 11.5 Å². The highest BCUT2D eigenvalue weighted by Gasteiger charge is 2.24. The summed E-state index contributed by atoms with van der Waals surface area (Å²) in [6.45, 7) is 0.898. The van der Waals surface area contributed by atoms with Gasteiger partial charge in [-0.3, -0.25) is 0 Å². The Morgan fingerprint density at radius 1 is 1.21 bits per heavy atom. The number of halogens is 2. The van der Waals surface area contributed by atoms with Gasteiger partial charge in [0.05, 0.1) is 14.2 Å². The Kier molecular flexibility index (Phi) is 4.58. The van der Waals surface area contributed by atoms with Crippen LogP contribution in [0.1, 0.15) is 42.9 Å². The van der Waals surface area contributed by atoms with Crippen LogP contribution in [0.15, 0.2) is 12.1 Å². The number of rotatable bonds is 4. The molecule has 1 N–H and O–H groups in total. The van der Waals surface area contributed by atoms with Crippen molar-refractivity contribution < 1.29 is 18.3 Å². The largest absolute Gasteiger partial charge is 0.493 e. The molecule has 0 amide bonds. The SMILES string of the molecule is COc1cc(C(F)F)cc(C2CCCCN2)c1OC. The molecular weight excluding hydrogens is 252 g/mol. The zero-order valence-electron chi connectivity index (χ0n) is 11.2. The van der Waals surface area contributed by atoms with Crippen molar-refractivity contribution >= 4 is 0 Å². The van der Waals surface area contributed by atoms with Crippen molar-refractivity contribution in [2.24, 2.45) is 0 Å². The van der Waals surface area contributed by atoms with Crippen LogP contribution in [0.3, 0.4) is 0 Å². The van der Waals surface area contributed by atoms with E-state index >= 15 is 0 Å². The molecule has 0 bridgehead atoms. The van der Waals surface area contributed by atoms with Gasteiger partial charge in [0.1, 0.15) is 0 Å². The van der Waals surface area contributed by atoms with Crippen LogP contribution in [0.5, 0.6) is 11.5 Å². The van der Waals surface area contributed by atoms with Crippen molar-refractivity contribution in [1.29, 1.82) is 0 Å². The van der Waals surface area contributed by atoms with Gasteiger partial charge in [-0.1, -0.05) is 6.42 Å². The van der Waals surface area contributed by atoms with Gasteiger partial charge in [-0.2, -0.15) is 0 Å². The highest BCUT2D eigenvalue weighted by molar-refractivity contribution is 5.51. The summed E-state index contributed by atoms with van der Waals surface area (Å²) in [6, 6.07) is 2.92. The Labute approximate surface area is 111 Å². The smallest absolute Gasteiger partial charge is 0.263 e. The third-order valence-electron chi connectivity index (χ3n) is 3.47. The molecule has 0 spiro atoms. The summed E-state index contributed by atoms with van der Waals surface area (Å²) in [4.78, 5) is 0. The van der Waals surface area contributed by atoms with Crippen LogP contribution in [0.4, 0.5) is 8.78 Å². The third kappa shape index (κ3) is 2.97. The van der Waals surface area contributed by atoms with Crippen molar-refractivity contribution in [2.75, 3.05) is 20.8 Å². The lowest BCUT2D eigenvalue weighted by Gasteiger charge is -2.26. The molecule has 1 atom stereocenters. The fourth-order valence-electron chi connectivity index (χ4n) is 2.52. The van der Waals surface area contributed by atoms with E-state index in [1.54, 1.807) is 0 Å². The molecule has 0 aromatic heterocycles. The van der Waals surface area contributed by atoms with E-state index in [1.165, 1.54) is 26.4 Å². The van der Waals surface area contributed by atoms with Crippen LogP contribution in [0.2, 0.25) is 0 Å². The van der Waals surface area contributed by atoms with Crippen LogP contribution in [0.25, 0.3) is 0 Å². The van der Waals surface area contributed by atoms with Gasteiger partial charge in [0.2, 0.25) is 0 Å². The molecule has 1 aliphatic heterocycles. The predicted molar refractivity (Wildman–Crippen MR) is 69.1 cm³/mol. The molecule has 1 fully saturated rings. The zero-order chi connectivity index (χ0) is 13.8. The quantitative estimate of drug-likeness (QED) is 0.909. The van der Waals surface area contributed by atoms with E-state index in [0.717, 1.165) is 31.4 Å². The Balaban J connectivity index is 2.45. The molecule has 5 heteroatoms. The molecule has 0 radical (unpaired) electrons. The average Bonchev–Trinajstić information content (AvgIpc) is 2.46. The van der Waals surface area contributed by atoms with Crippen LogP contribution < -0.4 is 14.8 Å². The first kappa shape index (κ1) is 14.1. The molecule has 3 nitrogen and oxygen atoms in total. The van der Waals surface area contributed by atoms with Crippen LogP contribution >= 0.6 is 0 Å². The van der Waals surface area contributed by atoms with Crippen LogP contribution in [-0.2, 0) is 0 Å². The van der Waals surface area contributed by atoms with E-state index in [1.807, 2.05) is 0 Å². The van der Waals surface area contributed by atoms with Crippen molar-refractivity contribution in [3.05, 3.63) is 23.3 Å². The Morgan fingerprint density at radius 3 is 2.53 bits per heavy atom. The minimum atomic E-state index is -2.51. The molecule has 2 rings (SSSR count). The lowest BCUT2D eigenvalue weighted by atomic mass is 9.95. The summed E-state index contributed by atoms with van der Waals surface area (Å²) in [5.74, 6) is 0.911. The normalized spacial score (nSPS) is 19.5. The van der Waals surface area contributed by atoms with Gasteiger partial charge in [0, 0.05) is 17.2 Å². The fourth-order valence-corrected chi connectivity index (χ4v) is 2.52. The Morgan fingerprint density at radius 2 is 2.00 bits per heavy atom. The first-order chi connectivity index (χ1) is 9.17. The summed E-state index contributed by atoms with van der Waals surface area (Å²) in [5, 5.41) is 3.35. The maximum absolute atomic E-state index is 12.9. The van der Waals surface area contributed by atoms with Crippen LogP contribution in [0, 0.1) is 0 Å². The van der Waals surface area contributed by atoms with Gasteiger partial charge >= 0.3 is 0 Å². The number of hydrogen-bond donors (Lipinski definition) is 1. The number of ether oxygens (including phenoxy) is 2. The molecular formula is C14H19F2NO2. The maximum Gasteiger partial charge on any atom is 0.263 e. The van der Waals surface area contributed by atoms with E-state index in [-0.39, 0.29) is 11.6 Å². The molecule has 1 unspecified atom stereocenters.